The number of nitrogens with one attached hydrogen (secondary N) is 1. The third-order valence-corrected chi connectivity index (χ3v) is 4.45. The lowest BCUT2D eigenvalue weighted by atomic mass is 10.1. The van der Waals surface area contributed by atoms with Crippen LogP contribution in [0.25, 0.3) is 11.0 Å². The van der Waals surface area contributed by atoms with Crippen LogP contribution in [0.15, 0.2) is 58.7 Å². The maximum Gasteiger partial charge on any atom is 0.157 e. The van der Waals surface area contributed by atoms with E-state index in [0.29, 0.717) is 22.3 Å². The largest absolute Gasteiger partial charge is 0.504 e. The molecule has 166 valence electrons. The number of hydrogen-bond donors (Lipinski definition) is 2. The fraction of sp³-hybridized carbons (Fsp3) is 0.417. The van der Waals surface area contributed by atoms with Crippen molar-refractivity contribution in [3.63, 3.8) is 0 Å². The van der Waals surface area contributed by atoms with Gasteiger partial charge in [0.2, 0.25) is 0 Å². The normalized spacial score (nSPS) is 12.3. The molecule has 0 aliphatic carbocycles. The number of rotatable bonds is 6. The molecule has 2 rings (SSSR count). The van der Waals surface area contributed by atoms with E-state index in [-0.39, 0.29) is 5.76 Å². The molecule has 0 radical (unpaired) electrons. The molecule has 6 heteroatoms. The van der Waals surface area contributed by atoms with Gasteiger partial charge in [-0.25, -0.2) is 0 Å². The second-order valence-corrected chi connectivity index (χ2v) is 7.11. The number of hydrogen-bond acceptors (Lipinski definition) is 4. The Labute approximate surface area is 191 Å². The second kappa shape index (κ2) is 15.8. The Hall–Kier alpha value is -2.04. The summed E-state index contributed by atoms with van der Waals surface area (Å²) in [6, 6.07) is 3.67. The average Bonchev–Trinajstić information content (AvgIpc) is 2.76. The molecule has 0 saturated carbocycles. The number of aliphatic hydroxyl groups is 1. The smallest absolute Gasteiger partial charge is 0.157 e. The zero-order chi connectivity index (χ0) is 23.1. The third kappa shape index (κ3) is 9.19. The van der Waals surface area contributed by atoms with E-state index in [2.05, 4.69) is 29.1 Å². The first kappa shape index (κ1) is 28.0. The van der Waals surface area contributed by atoms with Crippen LogP contribution in [0.1, 0.15) is 66.9 Å². The summed E-state index contributed by atoms with van der Waals surface area (Å²) in [4.78, 5) is 8.52. The van der Waals surface area contributed by atoms with Crippen molar-refractivity contribution in [3.05, 3.63) is 69.3 Å². The highest BCUT2D eigenvalue weighted by molar-refractivity contribution is 6.32. The van der Waals surface area contributed by atoms with Gasteiger partial charge in [0.1, 0.15) is 0 Å². The monoisotopic (exact) mass is 451 g/mol. The Kier molecular flexibility index (Phi) is 14.7. The topological polar surface area (TPSA) is 58.0 Å². The summed E-state index contributed by atoms with van der Waals surface area (Å²) >= 11 is 12.5. The highest BCUT2D eigenvalue weighted by Crippen LogP contribution is 2.23. The minimum atomic E-state index is 0.00803. The lowest BCUT2D eigenvalue weighted by molar-refractivity contribution is 0.411. The van der Waals surface area contributed by atoms with Gasteiger partial charge in [0.15, 0.2) is 5.76 Å². The number of nitrogens with zero attached hydrogens (tertiary/aromatic N) is 2. The van der Waals surface area contributed by atoms with Crippen LogP contribution in [0.3, 0.4) is 0 Å². The molecule has 0 spiro atoms. The third-order valence-electron chi connectivity index (χ3n) is 3.81. The maximum absolute atomic E-state index is 10.4. The van der Waals surface area contributed by atoms with Gasteiger partial charge in [-0.15, -0.1) is 0 Å². The fourth-order valence-electron chi connectivity index (χ4n) is 2.19. The highest BCUT2D eigenvalue weighted by Gasteiger charge is 2.10. The molecule has 30 heavy (non-hydrogen) atoms. The standard InChI is InChI=1S/C19H21Cl2N3O.C3H8.C2H6/c1-4-12(3)8-15(21)19(25)16(5-2)24-11-13-9-17-18(10-14(13)20)23-7-6-22-17;1-3-2;1-2/h5-10,24-25H,4,11H2,1-3H3;3H2,1-2H3;1-2H3/b12-8+,16-5+,19-15-;;. The Bertz CT molecular complexity index is 874. The van der Waals surface area contributed by atoms with Crippen molar-refractivity contribution in [3.8, 4) is 0 Å². The van der Waals surface area contributed by atoms with Crippen LogP contribution in [0.4, 0.5) is 0 Å². The molecule has 0 amide bonds. The van der Waals surface area contributed by atoms with Crippen LogP contribution in [0.5, 0.6) is 0 Å². The van der Waals surface area contributed by atoms with E-state index in [9.17, 15) is 5.11 Å². The van der Waals surface area contributed by atoms with Gasteiger partial charge >= 0.3 is 0 Å². The van der Waals surface area contributed by atoms with Crippen molar-refractivity contribution < 1.29 is 5.11 Å². The van der Waals surface area contributed by atoms with E-state index >= 15 is 0 Å². The first-order valence-corrected chi connectivity index (χ1v) is 11.2. The molecule has 0 bridgehead atoms. The predicted molar refractivity (Wildman–Crippen MR) is 132 cm³/mol. The van der Waals surface area contributed by atoms with Gasteiger partial charge in [0.05, 0.1) is 21.8 Å². The molecule has 1 heterocycles. The number of fused-ring (bicyclic) bond motifs is 1. The zero-order valence-corrected chi connectivity index (χ0v) is 20.7. The zero-order valence-electron chi connectivity index (χ0n) is 19.2. The number of benzene rings is 1. The first-order valence-electron chi connectivity index (χ1n) is 10.4. The molecule has 2 N–H and O–H groups in total. The molecule has 2 aromatic rings. The summed E-state index contributed by atoms with van der Waals surface area (Å²) in [6.07, 6.45) is 8.92. The summed E-state index contributed by atoms with van der Waals surface area (Å²) in [5, 5.41) is 14.4. The van der Waals surface area contributed by atoms with Crippen molar-refractivity contribution in [2.75, 3.05) is 0 Å². The van der Waals surface area contributed by atoms with E-state index in [4.69, 9.17) is 23.2 Å². The molecule has 0 unspecified atom stereocenters. The highest BCUT2D eigenvalue weighted by atomic mass is 35.5. The molecule has 4 nitrogen and oxygen atoms in total. The van der Waals surface area contributed by atoms with E-state index in [1.165, 1.54) is 6.42 Å². The Morgan fingerprint density at radius 3 is 2.13 bits per heavy atom. The number of aliphatic hydroxyl groups excluding tert-OH is 1. The average molecular weight is 452 g/mol. The summed E-state index contributed by atoms with van der Waals surface area (Å²) in [5.41, 5.74) is 4.00. The molecule has 1 aromatic carbocycles. The van der Waals surface area contributed by atoms with E-state index in [0.717, 1.165) is 28.6 Å². The quantitative estimate of drug-likeness (QED) is 0.344. The summed E-state index contributed by atoms with van der Waals surface area (Å²) < 4.78 is 0. The Morgan fingerprint density at radius 1 is 1.10 bits per heavy atom. The molecule has 0 aliphatic heterocycles. The lowest BCUT2D eigenvalue weighted by Crippen LogP contribution is -2.15. The molecular weight excluding hydrogens is 417 g/mol. The second-order valence-electron chi connectivity index (χ2n) is 6.29. The van der Waals surface area contributed by atoms with Crippen LogP contribution < -0.4 is 5.32 Å². The SMILES string of the molecule is CC.CCC.C\C=C(NCc1cc2nccnc2cc1Cl)/C(O)=C(Cl)\C=C(/C)CC. The van der Waals surface area contributed by atoms with Crippen LogP contribution in [-0.2, 0) is 6.54 Å². The first-order chi connectivity index (χ1) is 14.4. The van der Waals surface area contributed by atoms with Gasteiger partial charge in [-0.2, -0.15) is 0 Å². The number of allylic oxidation sites excluding steroid dienone is 4. The predicted octanol–water partition coefficient (Wildman–Crippen LogP) is 8.08. The van der Waals surface area contributed by atoms with Crippen molar-refractivity contribution >= 4 is 34.2 Å². The van der Waals surface area contributed by atoms with Crippen molar-refractivity contribution in [2.24, 2.45) is 0 Å². The summed E-state index contributed by atoms with van der Waals surface area (Å²) in [6.45, 7) is 14.5. The van der Waals surface area contributed by atoms with E-state index < -0.39 is 0 Å². The van der Waals surface area contributed by atoms with E-state index in [1.807, 2.05) is 40.7 Å². The Balaban J connectivity index is 0.00000154. The minimum absolute atomic E-state index is 0.00803. The summed E-state index contributed by atoms with van der Waals surface area (Å²) in [5.74, 6) is 0.00803. The molecule has 0 fully saturated rings. The number of halogens is 2. The van der Waals surface area contributed by atoms with E-state index in [1.54, 1.807) is 30.6 Å². The van der Waals surface area contributed by atoms with Gasteiger partial charge < -0.3 is 10.4 Å². The van der Waals surface area contributed by atoms with Gasteiger partial charge in [-0.05, 0) is 44.0 Å². The fourth-order valence-corrected chi connectivity index (χ4v) is 2.71. The van der Waals surface area contributed by atoms with Crippen LogP contribution in [0.2, 0.25) is 5.02 Å². The molecule has 1 aromatic heterocycles. The van der Waals surface area contributed by atoms with Crippen LogP contribution in [-0.4, -0.2) is 15.1 Å². The molecule has 0 atom stereocenters. The molecule has 0 saturated heterocycles. The Morgan fingerprint density at radius 2 is 1.63 bits per heavy atom. The van der Waals surface area contributed by atoms with Crippen molar-refractivity contribution in [1.82, 2.24) is 15.3 Å². The van der Waals surface area contributed by atoms with Gasteiger partial charge in [-0.3, -0.25) is 9.97 Å². The van der Waals surface area contributed by atoms with Gasteiger partial charge in [0.25, 0.3) is 0 Å². The number of aromatic nitrogens is 2. The van der Waals surface area contributed by atoms with Gasteiger partial charge in [-0.1, -0.05) is 75.9 Å². The maximum atomic E-state index is 10.4. The van der Waals surface area contributed by atoms with Crippen LogP contribution >= 0.6 is 23.2 Å². The van der Waals surface area contributed by atoms with Gasteiger partial charge in [0, 0.05) is 24.0 Å². The minimum Gasteiger partial charge on any atom is -0.504 e. The van der Waals surface area contributed by atoms with Crippen LogP contribution in [0, 0.1) is 0 Å². The van der Waals surface area contributed by atoms with Crippen molar-refractivity contribution in [2.45, 2.75) is 67.9 Å². The van der Waals surface area contributed by atoms with Crippen molar-refractivity contribution in [1.29, 1.82) is 0 Å². The molecule has 0 aliphatic rings. The molecular formula is C24H35Cl2N3O. The lowest BCUT2D eigenvalue weighted by Gasteiger charge is -2.13. The summed E-state index contributed by atoms with van der Waals surface area (Å²) in [7, 11) is 0.